The second-order valence-electron chi connectivity index (χ2n) is 4.26. The lowest BCUT2D eigenvalue weighted by Crippen LogP contribution is -2.37. The smallest absolute Gasteiger partial charge is 0.228 e. The number of carbonyl (C=O) groups excluding carboxylic acids is 1. The third-order valence-electron chi connectivity index (χ3n) is 3.03. The van der Waals surface area contributed by atoms with E-state index in [0.717, 1.165) is 37.4 Å². The highest BCUT2D eigenvalue weighted by Gasteiger charge is 2.20. The van der Waals surface area contributed by atoms with Gasteiger partial charge in [0.1, 0.15) is 5.75 Å². The van der Waals surface area contributed by atoms with E-state index < -0.39 is 0 Å². The highest BCUT2D eigenvalue weighted by Crippen LogP contribution is 2.17. The van der Waals surface area contributed by atoms with E-state index in [9.17, 15) is 4.79 Å². The van der Waals surface area contributed by atoms with Crippen LogP contribution in [0.2, 0.25) is 0 Å². The van der Waals surface area contributed by atoms with Crippen LogP contribution in [0.25, 0.3) is 0 Å². The molecule has 1 amide bonds. The Hall–Kier alpha value is -1.55. The van der Waals surface area contributed by atoms with Crippen molar-refractivity contribution in [3.8, 4) is 5.75 Å². The van der Waals surface area contributed by atoms with Gasteiger partial charge in [-0.1, -0.05) is 0 Å². The molecule has 0 unspecified atom stereocenters. The molecule has 0 aromatic heterocycles. The summed E-state index contributed by atoms with van der Waals surface area (Å²) in [5.74, 6) is 0.982. The summed E-state index contributed by atoms with van der Waals surface area (Å²) in [5, 5.41) is 6.17. The number of ether oxygens (including phenoxy) is 1. The molecule has 1 saturated heterocycles. The number of amides is 1. The molecule has 0 radical (unpaired) electrons. The number of carbonyl (C=O) groups is 1. The molecule has 0 saturated carbocycles. The maximum absolute atomic E-state index is 11.9. The Labute approximate surface area is 101 Å². The number of rotatable bonds is 3. The van der Waals surface area contributed by atoms with Crippen molar-refractivity contribution in [1.29, 1.82) is 0 Å². The van der Waals surface area contributed by atoms with Crippen molar-refractivity contribution in [2.45, 2.75) is 12.8 Å². The van der Waals surface area contributed by atoms with Gasteiger partial charge >= 0.3 is 0 Å². The Morgan fingerprint density at radius 3 is 2.76 bits per heavy atom. The van der Waals surface area contributed by atoms with Gasteiger partial charge in [-0.05, 0) is 43.7 Å². The minimum atomic E-state index is 0.0888. The van der Waals surface area contributed by atoms with Gasteiger partial charge in [-0.15, -0.1) is 0 Å². The van der Waals surface area contributed by atoms with Crippen LogP contribution in [-0.4, -0.2) is 26.1 Å². The third kappa shape index (κ3) is 3.20. The summed E-state index contributed by atoms with van der Waals surface area (Å²) < 4.78 is 5.07. The van der Waals surface area contributed by atoms with Gasteiger partial charge in [0.25, 0.3) is 0 Å². The fourth-order valence-corrected chi connectivity index (χ4v) is 1.99. The summed E-state index contributed by atoms with van der Waals surface area (Å²) in [6, 6.07) is 7.39. The first kappa shape index (κ1) is 11.9. The van der Waals surface area contributed by atoms with Crippen LogP contribution in [0.3, 0.4) is 0 Å². The number of anilines is 1. The second kappa shape index (κ2) is 5.68. The lowest BCUT2D eigenvalue weighted by atomic mass is 9.99. The van der Waals surface area contributed by atoms with Gasteiger partial charge in [-0.25, -0.2) is 0 Å². The predicted molar refractivity (Wildman–Crippen MR) is 67.2 cm³/mol. The summed E-state index contributed by atoms with van der Waals surface area (Å²) >= 11 is 0. The number of nitrogens with one attached hydrogen (secondary N) is 2. The molecule has 4 nitrogen and oxygen atoms in total. The number of hydrogen-bond acceptors (Lipinski definition) is 3. The molecule has 0 bridgehead atoms. The normalized spacial score (nSPS) is 19.7. The Kier molecular flexibility index (Phi) is 3.98. The zero-order chi connectivity index (χ0) is 12.1. The van der Waals surface area contributed by atoms with E-state index in [1.807, 2.05) is 24.3 Å². The van der Waals surface area contributed by atoms with E-state index >= 15 is 0 Å². The Bertz CT molecular complexity index is 370. The highest BCUT2D eigenvalue weighted by atomic mass is 16.5. The van der Waals surface area contributed by atoms with Crippen molar-refractivity contribution in [3.05, 3.63) is 24.3 Å². The van der Waals surface area contributed by atoms with Crippen LogP contribution in [0.5, 0.6) is 5.75 Å². The molecule has 1 aromatic rings. The maximum atomic E-state index is 11.9. The van der Waals surface area contributed by atoms with Crippen molar-refractivity contribution < 1.29 is 9.53 Å². The van der Waals surface area contributed by atoms with Gasteiger partial charge in [0.15, 0.2) is 0 Å². The Morgan fingerprint density at radius 2 is 2.18 bits per heavy atom. The summed E-state index contributed by atoms with van der Waals surface area (Å²) in [6.45, 7) is 1.80. The molecule has 1 aliphatic heterocycles. The van der Waals surface area contributed by atoms with Crippen LogP contribution in [-0.2, 0) is 4.79 Å². The quantitative estimate of drug-likeness (QED) is 0.835. The predicted octanol–water partition coefficient (Wildman–Crippen LogP) is 1.63. The number of hydrogen-bond donors (Lipinski definition) is 2. The third-order valence-corrected chi connectivity index (χ3v) is 3.03. The molecule has 2 rings (SSSR count). The summed E-state index contributed by atoms with van der Waals surface area (Å²) in [7, 11) is 1.63. The van der Waals surface area contributed by atoms with Gasteiger partial charge in [-0.2, -0.15) is 0 Å². The standard InChI is InChI=1S/C13H18N2O2/c1-17-12-6-4-11(5-7-12)15-13(16)10-3-2-8-14-9-10/h4-7,10,14H,2-3,8-9H2,1H3,(H,15,16)/t10-/m1/s1. The fourth-order valence-electron chi connectivity index (χ4n) is 1.99. The van der Waals surface area contributed by atoms with Crippen molar-refractivity contribution in [3.63, 3.8) is 0 Å². The first-order valence-corrected chi connectivity index (χ1v) is 5.95. The summed E-state index contributed by atoms with van der Waals surface area (Å²) in [5.41, 5.74) is 0.821. The van der Waals surface area contributed by atoms with Crippen molar-refractivity contribution in [2.75, 3.05) is 25.5 Å². The zero-order valence-corrected chi connectivity index (χ0v) is 10.0. The minimum Gasteiger partial charge on any atom is -0.497 e. The first-order chi connectivity index (χ1) is 8.29. The molecule has 1 aromatic carbocycles. The van der Waals surface area contributed by atoms with Crippen molar-refractivity contribution in [1.82, 2.24) is 5.32 Å². The fraction of sp³-hybridized carbons (Fsp3) is 0.462. The van der Waals surface area contributed by atoms with E-state index in [1.165, 1.54) is 0 Å². The van der Waals surface area contributed by atoms with Gasteiger partial charge in [0.05, 0.1) is 13.0 Å². The van der Waals surface area contributed by atoms with Gasteiger partial charge in [0, 0.05) is 12.2 Å². The Morgan fingerprint density at radius 1 is 1.41 bits per heavy atom. The lowest BCUT2D eigenvalue weighted by Gasteiger charge is -2.21. The number of methoxy groups -OCH3 is 1. The molecule has 0 aliphatic carbocycles. The van der Waals surface area contributed by atoms with Crippen molar-refractivity contribution >= 4 is 11.6 Å². The largest absolute Gasteiger partial charge is 0.497 e. The topological polar surface area (TPSA) is 50.4 Å². The molecule has 1 heterocycles. The van der Waals surface area contributed by atoms with Crippen LogP contribution < -0.4 is 15.4 Å². The van der Waals surface area contributed by atoms with Crippen LogP contribution >= 0.6 is 0 Å². The SMILES string of the molecule is COc1ccc(NC(=O)[C@@H]2CCCNC2)cc1. The van der Waals surface area contributed by atoms with Gasteiger partial charge < -0.3 is 15.4 Å². The summed E-state index contributed by atoms with van der Waals surface area (Å²) in [6.07, 6.45) is 2.04. The molecular formula is C13H18N2O2. The zero-order valence-electron chi connectivity index (χ0n) is 10.0. The number of benzene rings is 1. The van der Waals surface area contributed by atoms with Crippen molar-refractivity contribution in [2.24, 2.45) is 5.92 Å². The average molecular weight is 234 g/mol. The maximum Gasteiger partial charge on any atom is 0.228 e. The molecule has 92 valence electrons. The van der Waals surface area contributed by atoms with Crippen LogP contribution in [0.15, 0.2) is 24.3 Å². The molecule has 1 atom stereocenters. The molecule has 0 spiro atoms. The molecular weight excluding hydrogens is 216 g/mol. The van der Waals surface area contributed by atoms with E-state index in [4.69, 9.17) is 4.74 Å². The highest BCUT2D eigenvalue weighted by molar-refractivity contribution is 5.92. The van der Waals surface area contributed by atoms with E-state index in [0.29, 0.717) is 0 Å². The molecule has 1 aliphatic rings. The molecule has 4 heteroatoms. The Balaban J connectivity index is 1.92. The van der Waals surface area contributed by atoms with Crippen LogP contribution in [0, 0.1) is 5.92 Å². The molecule has 1 fully saturated rings. The second-order valence-corrected chi connectivity index (χ2v) is 4.26. The van der Waals surface area contributed by atoms with E-state index in [2.05, 4.69) is 10.6 Å². The molecule has 2 N–H and O–H groups in total. The van der Waals surface area contributed by atoms with Gasteiger partial charge in [-0.3, -0.25) is 4.79 Å². The van der Waals surface area contributed by atoms with E-state index in [-0.39, 0.29) is 11.8 Å². The van der Waals surface area contributed by atoms with Crippen LogP contribution in [0.4, 0.5) is 5.69 Å². The average Bonchev–Trinajstić information content (AvgIpc) is 2.40. The first-order valence-electron chi connectivity index (χ1n) is 5.95. The monoisotopic (exact) mass is 234 g/mol. The summed E-state index contributed by atoms with van der Waals surface area (Å²) in [4.78, 5) is 11.9. The van der Waals surface area contributed by atoms with Gasteiger partial charge in [0.2, 0.25) is 5.91 Å². The minimum absolute atomic E-state index is 0.0888. The van der Waals surface area contributed by atoms with E-state index in [1.54, 1.807) is 7.11 Å². The van der Waals surface area contributed by atoms with Crippen LogP contribution in [0.1, 0.15) is 12.8 Å². The lowest BCUT2D eigenvalue weighted by molar-refractivity contribution is -0.120. The molecule has 17 heavy (non-hydrogen) atoms. The number of piperidine rings is 1.